The number of rotatable bonds is 5. The molecule has 0 saturated heterocycles. The Kier molecular flexibility index (Phi) is 5.37. The van der Waals surface area contributed by atoms with E-state index in [1.165, 1.54) is 12.1 Å². The number of aliphatic hydroxyl groups excluding tert-OH is 1. The average Bonchev–Trinajstić information content (AvgIpc) is 2.21. The zero-order valence-corrected chi connectivity index (χ0v) is 10.1. The summed E-state index contributed by atoms with van der Waals surface area (Å²) in [6, 6.07) is 3.83. The van der Waals surface area contributed by atoms with Gasteiger partial charge in [0.05, 0.1) is 18.2 Å². The van der Waals surface area contributed by atoms with Gasteiger partial charge in [0.25, 0.3) is 0 Å². The van der Waals surface area contributed by atoms with Gasteiger partial charge in [0.15, 0.2) is 0 Å². The molecule has 0 heterocycles. The Labute approximate surface area is 107 Å². The second kappa shape index (κ2) is 6.36. The van der Waals surface area contributed by atoms with Gasteiger partial charge in [-0.1, -0.05) is 17.7 Å². The molecule has 0 saturated carbocycles. The predicted octanol–water partition coefficient (Wildman–Crippen LogP) is 2.84. The zero-order chi connectivity index (χ0) is 13.8. The lowest BCUT2D eigenvalue weighted by Crippen LogP contribution is -2.35. The SMILES string of the molecule is OCCN(Cc1ccc(Cl)c(F)c1)CC(F)(F)F. The van der Waals surface area contributed by atoms with Crippen molar-refractivity contribution in [2.24, 2.45) is 0 Å². The van der Waals surface area contributed by atoms with E-state index in [0.29, 0.717) is 5.56 Å². The van der Waals surface area contributed by atoms with Gasteiger partial charge in [-0.15, -0.1) is 0 Å². The fraction of sp³-hybridized carbons (Fsp3) is 0.455. The number of aliphatic hydroxyl groups is 1. The van der Waals surface area contributed by atoms with Crippen molar-refractivity contribution < 1.29 is 22.7 Å². The minimum absolute atomic E-state index is 0.0803. The second-order valence-electron chi connectivity index (χ2n) is 3.80. The van der Waals surface area contributed by atoms with Crippen LogP contribution in [0.1, 0.15) is 5.56 Å². The first-order valence-corrected chi connectivity index (χ1v) is 5.53. The van der Waals surface area contributed by atoms with Crippen molar-refractivity contribution >= 4 is 11.6 Å². The van der Waals surface area contributed by atoms with Crippen LogP contribution in [0.15, 0.2) is 18.2 Å². The van der Waals surface area contributed by atoms with Crippen LogP contribution in [0.25, 0.3) is 0 Å². The highest BCUT2D eigenvalue weighted by molar-refractivity contribution is 6.30. The minimum atomic E-state index is -4.36. The maximum absolute atomic E-state index is 13.1. The van der Waals surface area contributed by atoms with E-state index in [1.54, 1.807) is 0 Å². The van der Waals surface area contributed by atoms with E-state index in [9.17, 15) is 17.6 Å². The van der Waals surface area contributed by atoms with Gasteiger partial charge in [-0.2, -0.15) is 13.2 Å². The first-order valence-electron chi connectivity index (χ1n) is 5.15. The maximum atomic E-state index is 13.1. The van der Waals surface area contributed by atoms with E-state index in [2.05, 4.69) is 0 Å². The molecule has 1 rings (SSSR count). The Morgan fingerprint density at radius 1 is 1.28 bits per heavy atom. The van der Waals surface area contributed by atoms with Crippen molar-refractivity contribution in [2.75, 3.05) is 19.7 Å². The quantitative estimate of drug-likeness (QED) is 0.841. The van der Waals surface area contributed by atoms with Crippen LogP contribution >= 0.6 is 11.6 Å². The Morgan fingerprint density at radius 2 is 1.94 bits per heavy atom. The van der Waals surface area contributed by atoms with Crippen LogP contribution in [-0.2, 0) is 6.54 Å². The van der Waals surface area contributed by atoms with E-state index in [4.69, 9.17) is 16.7 Å². The van der Waals surface area contributed by atoms with Crippen molar-refractivity contribution in [3.05, 3.63) is 34.6 Å². The number of alkyl halides is 3. The van der Waals surface area contributed by atoms with Crippen molar-refractivity contribution in [1.82, 2.24) is 4.90 Å². The summed E-state index contributed by atoms with van der Waals surface area (Å²) in [6.45, 7) is -1.79. The van der Waals surface area contributed by atoms with Gasteiger partial charge in [-0.05, 0) is 17.7 Å². The monoisotopic (exact) mass is 285 g/mol. The number of hydrogen-bond donors (Lipinski definition) is 1. The molecule has 102 valence electrons. The van der Waals surface area contributed by atoms with Crippen LogP contribution in [0.3, 0.4) is 0 Å². The molecule has 0 spiro atoms. The smallest absolute Gasteiger partial charge is 0.395 e. The summed E-state index contributed by atoms with van der Waals surface area (Å²) in [4.78, 5) is 0.989. The number of halogens is 5. The standard InChI is InChI=1S/C11H12ClF4NO/c12-9-2-1-8(5-10(9)13)6-17(3-4-18)7-11(14,15)16/h1-2,5,18H,3-4,6-7H2. The molecule has 0 atom stereocenters. The fourth-order valence-corrected chi connectivity index (χ4v) is 1.62. The van der Waals surface area contributed by atoms with E-state index in [1.807, 2.05) is 0 Å². The maximum Gasteiger partial charge on any atom is 0.401 e. The van der Waals surface area contributed by atoms with Crippen molar-refractivity contribution in [1.29, 1.82) is 0 Å². The summed E-state index contributed by atoms with van der Waals surface area (Å²) >= 11 is 5.48. The Bertz CT molecular complexity index is 397. The molecular formula is C11H12ClF4NO. The summed E-state index contributed by atoms with van der Waals surface area (Å²) < 4.78 is 49.9. The minimum Gasteiger partial charge on any atom is -0.395 e. The molecule has 0 unspecified atom stereocenters. The molecule has 1 aromatic rings. The number of nitrogens with zero attached hydrogens (tertiary/aromatic N) is 1. The molecular weight excluding hydrogens is 274 g/mol. The predicted molar refractivity (Wildman–Crippen MR) is 59.8 cm³/mol. The van der Waals surface area contributed by atoms with Gasteiger partial charge < -0.3 is 5.11 Å². The van der Waals surface area contributed by atoms with Crippen LogP contribution in [0.4, 0.5) is 17.6 Å². The topological polar surface area (TPSA) is 23.5 Å². The largest absolute Gasteiger partial charge is 0.401 e. The molecule has 7 heteroatoms. The summed E-state index contributed by atoms with van der Waals surface area (Å²) in [5.41, 5.74) is 0.370. The second-order valence-corrected chi connectivity index (χ2v) is 4.21. The summed E-state index contributed by atoms with van der Waals surface area (Å²) in [7, 11) is 0. The first kappa shape index (κ1) is 15.2. The highest BCUT2D eigenvalue weighted by Gasteiger charge is 2.30. The molecule has 2 nitrogen and oxygen atoms in total. The van der Waals surface area contributed by atoms with Gasteiger partial charge in [-0.3, -0.25) is 4.90 Å². The fourth-order valence-electron chi connectivity index (χ4n) is 1.51. The van der Waals surface area contributed by atoms with Gasteiger partial charge in [0.1, 0.15) is 5.82 Å². The van der Waals surface area contributed by atoms with Crippen molar-refractivity contribution in [3.63, 3.8) is 0 Å². The van der Waals surface area contributed by atoms with Crippen LogP contribution in [0.5, 0.6) is 0 Å². The number of benzene rings is 1. The third kappa shape index (κ3) is 5.20. The van der Waals surface area contributed by atoms with E-state index in [-0.39, 0.29) is 18.1 Å². The highest BCUT2D eigenvalue weighted by atomic mass is 35.5. The Morgan fingerprint density at radius 3 is 2.44 bits per heavy atom. The van der Waals surface area contributed by atoms with E-state index in [0.717, 1.165) is 11.0 Å². The van der Waals surface area contributed by atoms with Gasteiger partial charge in [0, 0.05) is 13.1 Å². The van der Waals surface area contributed by atoms with Crippen LogP contribution in [0, 0.1) is 5.82 Å². The molecule has 0 bridgehead atoms. The van der Waals surface area contributed by atoms with Gasteiger partial charge in [-0.25, -0.2) is 4.39 Å². The molecule has 0 aromatic heterocycles. The lowest BCUT2D eigenvalue weighted by Gasteiger charge is -2.22. The summed E-state index contributed by atoms with van der Waals surface area (Å²) in [5, 5.41) is 8.63. The van der Waals surface area contributed by atoms with Crippen LogP contribution in [-0.4, -0.2) is 35.9 Å². The Balaban J connectivity index is 2.73. The van der Waals surface area contributed by atoms with Crippen LogP contribution < -0.4 is 0 Å². The zero-order valence-electron chi connectivity index (χ0n) is 9.34. The van der Waals surface area contributed by atoms with Crippen molar-refractivity contribution in [3.8, 4) is 0 Å². The van der Waals surface area contributed by atoms with Crippen molar-refractivity contribution in [2.45, 2.75) is 12.7 Å². The van der Waals surface area contributed by atoms with E-state index < -0.39 is 25.1 Å². The molecule has 0 fully saturated rings. The van der Waals surface area contributed by atoms with Gasteiger partial charge >= 0.3 is 6.18 Å². The molecule has 0 amide bonds. The molecule has 1 N–H and O–H groups in total. The lowest BCUT2D eigenvalue weighted by atomic mass is 10.2. The Hall–Kier alpha value is -0.850. The first-order chi connectivity index (χ1) is 8.31. The summed E-state index contributed by atoms with van der Waals surface area (Å²) in [6.07, 6.45) is -4.36. The normalized spacial score (nSPS) is 12.2. The molecule has 1 aromatic carbocycles. The van der Waals surface area contributed by atoms with Gasteiger partial charge in [0.2, 0.25) is 0 Å². The molecule has 0 aliphatic heterocycles. The summed E-state index contributed by atoms with van der Waals surface area (Å²) in [5.74, 6) is -0.676. The average molecular weight is 286 g/mol. The highest BCUT2D eigenvalue weighted by Crippen LogP contribution is 2.20. The molecule has 0 radical (unpaired) electrons. The van der Waals surface area contributed by atoms with Crippen LogP contribution in [0.2, 0.25) is 5.02 Å². The lowest BCUT2D eigenvalue weighted by molar-refractivity contribution is -0.147. The van der Waals surface area contributed by atoms with E-state index >= 15 is 0 Å². The number of hydrogen-bond acceptors (Lipinski definition) is 2. The third-order valence-corrected chi connectivity index (χ3v) is 2.52. The third-order valence-electron chi connectivity index (χ3n) is 2.21. The molecule has 0 aliphatic carbocycles. The molecule has 18 heavy (non-hydrogen) atoms. The molecule has 0 aliphatic rings.